The molecule has 1 heterocycles. The maximum Gasteiger partial charge on any atom is 0.250 e. The van der Waals surface area contributed by atoms with E-state index in [4.69, 9.17) is 4.74 Å². The Labute approximate surface area is 149 Å². The molecule has 0 fully saturated rings. The van der Waals surface area contributed by atoms with E-state index >= 15 is 0 Å². The normalized spacial score (nSPS) is 13.7. The Hall–Kier alpha value is -2.55. The zero-order valence-corrected chi connectivity index (χ0v) is 14.8. The Morgan fingerprint density at radius 1 is 1.16 bits per heavy atom. The fourth-order valence-electron chi connectivity index (χ4n) is 3.03. The van der Waals surface area contributed by atoms with Gasteiger partial charge in [-0.15, -0.1) is 0 Å². The summed E-state index contributed by atoms with van der Waals surface area (Å²) in [6.45, 7) is 3.68. The maximum absolute atomic E-state index is 12.6. The number of fused-ring (bicyclic) bond motifs is 1. The minimum absolute atomic E-state index is 0.0374. The molecule has 1 aliphatic heterocycles. The summed E-state index contributed by atoms with van der Waals surface area (Å²) in [4.78, 5) is 14.5. The van der Waals surface area contributed by atoms with Gasteiger partial charge in [-0.1, -0.05) is 43.7 Å². The third-order valence-electron chi connectivity index (χ3n) is 4.44. The van der Waals surface area contributed by atoms with E-state index < -0.39 is 0 Å². The van der Waals surface area contributed by atoms with Crippen LogP contribution >= 0.6 is 0 Å². The highest BCUT2D eigenvalue weighted by Crippen LogP contribution is 2.27. The fourth-order valence-corrected chi connectivity index (χ4v) is 3.03. The Balaban J connectivity index is 1.63. The number of hydrogen-bond acceptors (Lipinski definition) is 2. The number of anilines is 1. The minimum atomic E-state index is 0.0374. The summed E-state index contributed by atoms with van der Waals surface area (Å²) in [5.41, 5.74) is 3.30. The third-order valence-corrected chi connectivity index (χ3v) is 4.44. The highest BCUT2D eigenvalue weighted by atomic mass is 16.5. The van der Waals surface area contributed by atoms with Gasteiger partial charge in [0, 0.05) is 18.3 Å². The van der Waals surface area contributed by atoms with Gasteiger partial charge in [-0.05, 0) is 54.7 Å². The molecule has 0 saturated heterocycles. The van der Waals surface area contributed by atoms with Crippen LogP contribution in [-0.4, -0.2) is 19.1 Å². The van der Waals surface area contributed by atoms with Crippen molar-refractivity contribution in [1.29, 1.82) is 0 Å². The first-order chi connectivity index (χ1) is 12.3. The van der Waals surface area contributed by atoms with Gasteiger partial charge in [0.2, 0.25) is 0 Å². The van der Waals surface area contributed by atoms with Crippen molar-refractivity contribution in [3.05, 3.63) is 65.7 Å². The van der Waals surface area contributed by atoms with Crippen LogP contribution in [0.2, 0.25) is 0 Å². The van der Waals surface area contributed by atoms with Crippen LogP contribution in [0, 0.1) is 0 Å². The second-order valence-electron chi connectivity index (χ2n) is 6.33. The smallest absolute Gasteiger partial charge is 0.250 e. The molecule has 1 amide bonds. The van der Waals surface area contributed by atoms with Crippen LogP contribution in [0.5, 0.6) is 5.75 Å². The average molecular weight is 335 g/mol. The van der Waals surface area contributed by atoms with Crippen LogP contribution in [0.15, 0.2) is 54.6 Å². The van der Waals surface area contributed by atoms with Crippen molar-refractivity contribution in [3.63, 3.8) is 0 Å². The van der Waals surface area contributed by atoms with Gasteiger partial charge in [0.15, 0.2) is 0 Å². The Kier molecular flexibility index (Phi) is 5.89. The number of carbonyl (C=O) groups excluding carboxylic acids is 1. The molecule has 3 nitrogen and oxygen atoms in total. The van der Waals surface area contributed by atoms with E-state index in [9.17, 15) is 4.79 Å². The predicted molar refractivity (Wildman–Crippen MR) is 103 cm³/mol. The first-order valence-electron chi connectivity index (χ1n) is 9.08. The number of carbonyl (C=O) groups is 1. The molecule has 0 aliphatic carbocycles. The molecular weight excluding hydrogens is 310 g/mol. The molecule has 0 aromatic heterocycles. The lowest BCUT2D eigenvalue weighted by Crippen LogP contribution is -2.34. The van der Waals surface area contributed by atoms with Gasteiger partial charge < -0.3 is 9.64 Å². The molecule has 1 aliphatic rings. The number of amides is 1. The first-order valence-corrected chi connectivity index (χ1v) is 9.08. The van der Waals surface area contributed by atoms with Gasteiger partial charge in [-0.3, -0.25) is 4.79 Å². The Morgan fingerprint density at radius 2 is 1.96 bits per heavy atom. The highest BCUT2D eigenvalue weighted by molar-refractivity contribution is 6.04. The summed E-state index contributed by atoms with van der Waals surface area (Å²) in [5, 5.41) is 0. The van der Waals surface area contributed by atoms with Crippen molar-refractivity contribution < 1.29 is 9.53 Å². The van der Waals surface area contributed by atoms with E-state index in [1.165, 1.54) is 5.56 Å². The zero-order valence-electron chi connectivity index (χ0n) is 14.8. The molecule has 3 heteroatoms. The summed E-state index contributed by atoms with van der Waals surface area (Å²) < 4.78 is 5.66. The Bertz CT molecular complexity index is 734. The summed E-state index contributed by atoms with van der Waals surface area (Å²) in [6, 6.07) is 16.0. The lowest BCUT2D eigenvalue weighted by molar-refractivity contribution is -0.114. The van der Waals surface area contributed by atoms with E-state index in [2.05, 4.69) is 13.0 Å². The molecule has 3 rings (SSSR count). The summed E-state index contributed by atoms with van der Waals surface area (Å²) in [7, 11) is 0. The van der Waals surface area contributed by atoms with Crippen molar-refractivity contribution in [2.75, 3.05) is 18.1 Å². The van der Waals surface area contributed by atoms with Crippen LogP contribution in [0.3, 0.4) is 0 Å². The van der Waals surface area contributed by atoms with Crippen LogP contribution in [-0.2, 0) is 11.2 Å². The number of rotatable bonds is 6. The summed E-state index contributed by atoms with van der Waals surface area (Å²) in [6.07, 6.45) is 7.78. The second kappa shape index (κ2) is 8.52. The number of ether oxygens (including phenoxy) is 1. The van der Waals surface area contributed by atoms with Gasteiger partial charge in [-0.2, -0.15) is 0 Å². The maximum atomic E-state index is 12.6. The lowest BCUT2D eigenvalue weighted by atomic mass is 10.0. The molecule has 25 heavy (non-hydrogen) atoms. The number of para-hydroxylation sites is 1. The van der Waals surface area contributed by atoms with E-state index in [0.29, 0.717) is 0 Å². The summed E-state index contributed by atoms with van der Waals surface area (Å²) in [5.74, 6) is 0.914. The van der Waals surface area contributed by atoms with Gasteiger partial charge >= 0.3 is 0 Å². The molecule has 0 unspecified atom stereocenters. The van der Waals surface area contributed by atoms with Crippen molar-refractivity contribution in [2.45, 2.75) is 32.6 Å². The number of hydrogen-bond donors (Lipinski definition) is 0. The van der Waals surface area contributed by atoms with Gasteiger partial charge in [0.25, 0.3) is 5.91 Å². The van der Waals surface area contributed by atoms with Crippen molar-refractivity contribution in [3.8, 4) is 5.75 Å². The van der Waals surface area contributed by atoms with Crippen molar-refractivity contribution in [2.24, 2.45) is 0 Å². The van der Waals surface area contributed by atoms with E-state index in [1.54, 1.807) is 6.08 Å². The standard InChI is InChI=1S/C22H25NO2/c1-2-3-17-25-20-13-10-18(11-14-20)12-15-22(24)23-16-6-8-19-7-4-5-9-21(19)23/h4-5,7,9-15H,2-3,6,8,16-17H2,1H3/b15-12+. The lowest BCUT2D eigenvalue weighted by Gasteiger charge is -2.28. The third kappa shape index (κ3) is 4.50. The first kappa shape index (κ1) is 17.3. The predicted octanol–water partition coefficient (Wildman–Crippen LogP) is 4.86. The van der Waals surface area contributed by atoms with Crippen molar-refractivity contribution in [1.82, 2.24) is 0 Å². The van der Waals surface area contributed by atoms with Gasteiger partial charge in [0.1, 0.15) is 5.75 Å². The topological polar surface area (TPSA) is 29.5 Å². The van der Waals surface area contributed by atoms with Gasteiger partial charge in [-0.25, -0.2) is 0 Å². The molecule has 0 radical (unpaired) electrons. The summed E-state index contributed by atoms with van der Waals surface area (Å²) >= 11 is 0. The van der Waals surface area contributed by atoms with Crippen LogP contribution in [0.25, 0.3) is 6.08 Å². The molecule has 2 aromatic carbocycles. The number of benzene rings is 2. The van der Waals surface area contributed by atoms with Crippen molar-refractivity contribution >= 4 is 17.7 Å². The highest BCUT2D eigenvalue weighted by Gasteiger charge is 2.20. The largest absolute Gasteiger partial charge is 0.494 e. The van der Waals surface area contributed by atoms with E-state index in [0.717, 1.165) is 55.8 Å². The molecule has 0 spiro atoms. The Morgan fingerprint density at radius 3 is 2.76 bits per heavy atom. The van der Waals surface area contributed by atoms with E-state index in [1.807, 2.05) is 53.4 Å². The molecule has 0 bridgehead atoms. The van der Waals surface area contributed by atoms with Crippen LogP contribution < -0.4 is 9.64 Å². The number of unbranched alkanes of at least 4 members (excludes halogenated alkanes) is 1. The van der Waals surface area contributed by atoms with Crippen LogP contribution in [0.1, 0.15) is 37.3 Å². The molecule has 0 atom stereocenters. The molecule has 2 aromatic rings. The number of nitrogens with zero attached hydrogens (tertiary/aromatic N) is 1. The quantitative estimate of drug-likeness (QED) is 0.557. The molecule has 0 saturated carbocycles. The molecule has 0 N–H and O–H groups in total. The second-order valence-corrected chi connectivity index (χ2v) is 6.33. The molecule has 130 valence electrons. The van der Waals surface area contributed by atoms with Crippen LogP contribution in [0.4, 0.5) is 5.69 Å². The number of aryl methyl sites for hydroxylation is 1. The van der Waals surface area contributed by atoms with Gasteiger partial charge in [0.05, 0.1) is 6.61 Å². The zero-order chi connectivity index (χ0) is 17.5. The monoisotopic (exact) mass is 335 g/mol. The minimum Gasteiger partial charge on any atom is -0.494 e. The fraction of sp³-hybridized carbons (Fsp3) is 0.318. The molecular formula is C22H25NO2. The average Bonchev–Trinajstić information content (AvgIpc) is 2.67. The van der Waals surface area contributed by atoms with E-state index in [-0.39, 0.29) is 5.91 Å². The SMILES string of the molecule is CCCCOc1ccc(/C=C/C(=O)N2CCCc3ccccc32)cc1.